The fourth-order valence-electron chi connectivity index (χ4n) is 1.58. The van der Waals surface area contributed by atoms with Crippen molar-refractivity contribution in [1.82, 2.24) is 0 Å². The standard InChI is InChI=1S/C13H7BrFNO5/c14-10-6-8(2-3-9(10)13(17)18)21-12-4-1-7(15)5-11(12)16(19)20/h1-6H,(H,17,18). The molecule has 2 rings (SSSR count). The van der Waals surface area contributed by atoms with E-state index in [1.54, 1.807) is 0 Å². The topological polar surface area (TPSA) is 89.7 Å². The lowest BCUT2D eigenvalue weighted by molar-refractivity contribution is -0.385. The number of carboxylic acids is 1. The van der Waals surface area contributed by atoms with Crippen LogP contribution in [0, 0.1) is 15.9 Å². The number of ether oxygens (including phenoxy) is 1. The van der Waals surface area contributed by atoms with Crippen LogP contribution in [0.1, 0.15) is 10.4 Å². The Morgan fingerprint density at radius 3 is 2.57 bits per heavy atom. The van der Waals surface area contributed by atoms with Gasteiger partial charge in [-0.3, -0.25) is 10.1 Å². The normalized spacial score (nSPS) is 10.2. The van der Waals surface area contributed by atoms with E-state index in [1.807, 2.05) is 0 Å². The van der Waals surface area contributed by atoms with Gasteiger partial charge in [-0.1, -0.05) is 0 Å². The molecule has 0 aliphatic rings. The zero-order valence-electron chi connectivity index (χ0n) is 10.2. The van der Waals surface area contributed by atoms with Crippen molar-refractivity contribution >= 4 is 27.6 Å². The Morgan fingerprint density at radius 1 is 1.29 bits per heavy atom. The van der Waals surface area contributed by atoms with E-state index in [0.717, 1.165) is 18.2 Å². The van der Waals surface area contributed by atoms with Gasteiger partial charge in [0.2, 0.25) is 5.75 Å². The minimum Gasteiger partial charge on any atom is -0.478 e. The van der Waals surface area contributed by atoms with Gasteiger partial charge in [0.15, 0.2) is 0 Å². The second-order valence-electron chi connectivity index (χ2n) is 3.92. The summed E-state index contributed by atoms with van der Waals surface area (Å²) in [6, 6.07) is 6.90. The molecule has 8 heteroatoms. The molecule has 0 radical (unpaired) electrons. The van der Waals surface area contributed by atoms with Gasteiger partial charge < -0.3 is 9.84 Å². The average Bonchev–Trinajstić information content (AvgIpc) is 2.40. The van der Waals surface area contributed by atoms with Gasteiger partial charge >= 0.3 is 11.7 Å². The van der Waals surface area contributed by atoms with E-state index in [4.69, 9.17) is 9.84 Å². The Morgan fingerprint density at radius 2 is 2.00 bits per heavy atom. The highest BCUT2D eigenvalue weighted by molar-refractivity contribution is 9.10. The molecule has 6 nitrogen and oxygen atoms in total. The molecule has 108 valence electrons. The number of nitro groups is 1. The van der Waals surface area contributed by atoms with E-state index >= 15 is 0 Å². The summed E-state index contributed by atoms with van der Waals surface area (Å²) in [4.78, 5) is 21.0. The molecule has 0 unspecified atom stereocenters. The third-order valence-corrected chi connectivity index (χ3v) is 3.17. The van der Waals surface area contributed by atoms with Crippen LogP contribution in [0.4, 0.5) is 10.1 Å². The van der Waals surface area contributed by atoms with Crippen LogP contribution in [0.15, 0.2) is 40.9 Å². The van der Waals surface area contributed by atoms with Crippen molar-refractivity contribution in [3.8, 4) is 11.5 Å². The van der Waals surface area contributed by atoms with E-state index in [0.29, 0.717) is 0 Å². The quantitative estimate of drug-likeness (QED) is 0.661. The fourth-order valence-corrected chi connectivity index (χ4v) is 2.11. The maximum Gasteiger partial charge on any atom is 0.336 e. The zero-order valence-corrected chi connectivity index (χ0v) is 11.8. The van der Waals surface area contributed by atoms with Crippen molar-refractivity contribution < 1.29 is 24.0 Å². The largest absolute Gasteiger partial charge is 0.478 e. The van der Waals surface area contributed by atoms with Crippen molar-refractivity contribution in [1.29, 1.82) is 0 Å². The Balaban J connectivity index is 2.37. The lowest BCUT2D eigenvalue weighted by Crippen LogP contribution is -1.98. The van der Waals surface area contributed by atoms with Gasteiger partial charge in [0.05, 0.1) is 16.6 Å². The SMILES string of the molecule is O=C(O)c1ccc(Oc2ccc(F)cc2[N+](=O)[O-])cc1Br. The number of aromatic carboxylic acids is 1. The number of nitrogens with zero attached hydrogens (tertiary/aromatic N) is 1. The number of halogens is 2. The minimum absolute atomic E-state index is 0.0240. The van der Waals surface area contributed by atoms with E-state index in [1.165, 1.54) is 18.2 Å². The minimum atomic E-state index is -1.12. The fraction of sp³-hybridized carbons (Fsp3) is 0. The number of hydrogen-bond acceptors (Lipinski definition) is 4. The molecule has 0 atom stereocenters. The number of benzene rings is 2. The highest BCUT2D eigenvalue weighted by Gasteiger charge is 2.18. The van der Waals surface area contributed by atoms with Gasteiger partial charge in [-0.25, -0.2) is 9.18 Å². The van der Waals surface area contributed by atoms with Crippen LogP contribution in [0.3, 0.4) is 0 Å². The number of carbonyl (C=O) groups is 1. The van der Waals surface area contributed by atoms with E-state index < -0.39 is 22.4 Å². The summed E-state index contributed by atoms with van der Waals surface area (Å²) in [5, 5.41) is 19.7. The molecule has 2 aromatic carbocycles. The first kappa shape index (κ1) is 14.9. The maximum absolute atomic E-state index is 13.0. The van der Waals surface area contributed by atoms with Crippen molar-refractivity contribution in [2.45, 2.75) is 0 Å². The van der Waals surface area contributed by atoms with Gasteiger partial charge in [-0.2, -0.15) is 0 Å². The van der Waals surface area contributed by atoms with Gasteiger partial charge in [-0.05, 0) is 46.3 Å². The smallest absolute Gasteiger partial charge is 0.336 e. The summed E-state index contributed by atoms with van der Waals surface area (Å²) in [7, 11) is 0. The third-order valence-electron chi connectivity index (χ3n) is 2.52. The van der Waals surface area contributed by atoms with Crippen LogP contribution in [-0.4, -0.2) is 16.0 Å². The van der Waals surface area contributed by atoms with Crippen LogP contribution < -0.4 is 4.74 Å². The number of hydrogen-bond donors (Lipinski definition) is 1. The van der Waals surface area contributed by atoms with Gasteiger partial charge in [0.25, 0.3) is 0 Å². The second kappa shape index (κ2) is 5.88. The second-order valence-corrected chi connectivity index (χ2v) is 4.77. The molecule has 0 heterocycles. The van der Waals surface area contributed by atoms with Crippen LogP contribution >= 0.6 is 15.9 Å². The Bertz CT molecular complexity index is 734. The van der Waals surface area contributed by atoms with Crippen LogP contribution in [-0.2, 0) is 0 Å². The zero-order chi connectivity index (χ0) is 15.6. The molecule has 0 saturated heterocycles. The summed E-state index contributed by atoms with van der Waals surface area (Å²) >= 11 is 3.07. The van der Waals surface area contributed by atoms with Crippen molar-refractivity contribution in [2.75, 3.05) is 0 Å². The Hall–Kier alpha value is -2.48. The van der Waals surface area contributed by atoms with Crippen molar-refractivity contribution in [3.63, 3.8) is 0 Å². The summed E-state index contributed by atoms with van der Waals surface area (Å²) in [6.45, 7) is 0. The molecule has 0 aliphatic heterocycles. The molecule has 2 aromatic rings. The molecular formula is C13H7BrFNO5. The lowest BCUT2D eigenvalue weighted by atomic mass is 10.2. The predicted octanol–water partition coefficient (Wildman–Crippen LogP) is 3.99. The van der Waals surface area contributed by atoms with E-state index in [9.17, 15) is 19.3 Å². The van der Waals surface area contributed by atoms with Gasteiger partial charge in [0.1, 0.15) is 11.6 Å². The van der Waals surface area contributed by atoms with Crippen LogP contribution in [0.2, 0.25) is 0 Å². The van der Waals surface area contributed by atoms with Crippen molar-refractivity contribution in [2.24, 2.45) is 0 Å². The van der Waals surface area contributed by atoms with Crippen LogP contribution in [0.25, 0.3) is 0 Å². The van der Waals surface area contributed by atoms with Crippen LogP contribution in [0.5, 0.6) is 11.5 Å². The van der Waals surface area contributed by atoms with E-state index in [-0.39, 0.29) is 21.5 Å². The average molecular weight is 356 g/mol. The highest BCUT2D eigenvalue weighted by atomic mass is 79.9. The molecule has 0 aromatic heterocycles. The molecular weight excluding hydrogens is 349 g/mol. The third kappa shape index (κ3) is 3.34. The monoisotopic (exact) mass is 355 g/mol. The Labute approximate surface area is 126 Å². The summed E-state index contributed by atoms with van der Waals surface area (Å²) in [5.41, 5.74) is -0.496. The first-order valence-corrected chi connectivity index (χ1v) is 6.32. The number of nitro benzene ring substituents is 1. The molecule has 0 fully saturated rings. The number of carboxylic acid groups (broad SMARTS) is 1. The highest BCUT2D eigenvalue weighted by Crippen LogP contribution is 2.33. The predicted molar refractivity (Wildman–Crippen MR) is 74.2 cm³/mol. The van der Waals surface area contributed by atoms with Gasteiger partial charge in [-0.15, -0.1) is 0 Å². The first-order valence-electron chi connectivity index (χ1n) is 5.53. The number of rotatable bonds is 4. The maximum atomic E-state index is 13.0. The molecule has 0 saturated carbocycles. The molecule has 0 aliphatic carbocycles. The summed E-state index contributed by atoms with van der Waals surface area (Å²) in [5.74, 6) is -1.84. The molecule has 0 bridgehead atoms. The molecule has 1 N–H and O–H groups in total. The lowest BCUT2D eigenvalue weighted by Gasteiger charge is -2.08. The Kier molecular flexibility index (Phi) is 4.18. The summed E-state index contributed by atoms with van der Waals surface area (Å²) in [6.07, 6.45) is 0. The van der Waals surface area contributed by atoms with E-state index in [2.05, 4.69) is 15.9 Å². The summed E-state index contributed by atoms with van der Waals surface area (Å²) < 4.78 is 18.6. The molecule has 0 amide bonds. The molecule has 0 spiro atoms. The van der Waals surface area contributed by atoms with Crippen molar-refractivity contribution in [3.05, 3.63) is 62.4 Å². The van der Waals surface area contributed by atoms with Gasteiger partial charge in [0, 0.05) is 4.47 Å². The first-order chi connectivity index (χ1) is 9.88. The molecule has 21 heavy (non-hydrogen) atoms.